The molecule has 0 rings (SSSR count). The summed E-state index contributed by atoms with van der Waals surface area (Å²) < 4.78 is 39.0. The average Bonchev–Trinajstić information content (AvgIpc) is 2.54. The molecule has 0 bridgehead atoms. The molecule has 0 aromatic heterocycles. The highest BCUT2D eigenvalue weighted by molar-refractivity contribution is 6.93. The standard InChI is InChI=1S/C10H30O7Si4/c1-11-18(12-2)8-21(17-7,9-19(13-3)14-4)10-20(15-5)16-6/h18-20H,8-10H2,1-7H3. The van der Waals surface area contributed by atoms with Gasteiger partial charge in [-0.3, -0.25) is 0 Å². The van der Waals surface area contributed by atoms with Crippen molar-refractivity contribution in [2.45, 2.75) is 17.0 Å². The first-order chi connectivity index (χ1) is 10.0. The molecule has 0 fully saturated rings. The third-order valence-corrected chi connectivity index (χ3v) is 20.6. The van der Waals surface area contributed by atoms with Gasteiger partial charge in [0.05, 0.1) is 0 Å². The molecule has 7 nitrogen and oxygen atoms in total. The second-order valence-electron chi connectivity index (χ2n) is 4.70. The highest BCUT2D eigenvalue weighted by atomic mass is 28.4. The maximum atomic E-state index is 6.00. The number of hydrogen-bond acceptors (Lipinski definition) is 7. The molecule has 0 saturated heterocycles. The molecule has 0 heterocycles. The molecule has 0 atom stereocenters. The Kier molecular flexibility index (Phi) is 12.4. The van der Waals surface area contributed by atoms with Gasteiger partial charge in [0.25, 0.3) is 0 Å². The Morgan fingerprint density at radius 3 is 0.905 bits per heavy atom. The predicted octanol–water partition coefficient (Wildman–Crippen LogP) is -0.264. The Balaban J connectivity index is 5.14. The van der Waals surface area contributed by atoms with Crippen LogP contribution in [-0.2, 0) is 31.0 Å². The minimum atomic E-state index is -2.15. The molecule has 0 aromatic carbocycles. The van der Waals surface area contributed by atoms with E-state index in [2.05, 4.69) is 0 Å². The minimum absolute atomic E-state index is 0.836. The van der Waals surface area contributed by atoms with Crippen LogP contribution in [-0.4, -0.2) is 85.9 Å². The van der Waals surface area contributed by atoms with Crippen LogP contribution in [0.3, 0.4) is 0 Å². The van der Waals surface area contributed by atoms with Gasteiger partial charge in [0.15, 0.2) is 8.32 Å². The molecule has 0 aromatic rings. The monoisotopic (exact) mass is 374 g/mol. The summed E-state index contributed by atoms with van der Waals surface area (Å²) in [7, 11) is 4.55. The lowest BCUT2D eigenvalue weighted by Gasteiger charge is -2.34. The molecule has 0 spiro atoms. The Morgan fingerprint density at radius 1 is 0.524 bits per heavy atom. The first-order valence-electron chi connectivity index (χ1n) is 6.76. The summed E-state index contributed by atoms with van der Waals surface area (Å²) in [6.07, 6.45) is 0. The van der Waals surface area contributed by atoms with E-state index in [4.69, 9.17) is 31.0 Å². The molecule has 0 aliphatic carbocycles. The van der Waals surface area contributed by atoms with Gasteiger partial charge < -0.3 is 31.0 Å². The van der Waals surface area contributed by atoms with E-state index in [-0.39, 0.29) is 0 Å². The Bertz CT molecular complexity index is 214. The average molecular weight is 375 g/mol. The molecule has 0 aliphatic heterocycles. The number of hydrogen-bond donors (Lipinski definition) is 0. The maximum Gasteiger partial charge on any atom is 0.320 e. The molecule has 0 saturated carbocycles. The van der Waals surface area contributed by atoms with Gasteiger partial charge in [-0.1, -0.05) is 0 Å². The van der Waals surface area contributed by atoms with Crippen molar-refractivity contribution in [3.8, 4) is 0 Å². The Labute approximate surface area is 134 Å². The topological polar surface area (TPSA) is 64.6 Å². The molecular weight excluding hydrogens is 344 g/mol. The van der Waals surface area contributed by atoms with Crippen LogP contribution in [0.4, 0.5) is 0 Å². The van der Waals surface area contributed by atoms with Gasteiger partial charge in [-0.05, 0) is 0 Å². The van der Waals surface area contributed by atoms with E-state index in [1.807, 2.05) is 0 Å². The van der Waals surface area contributed by atoms with Crippen molar-refractivity contribution < 1.29 is 31.0 Å². The van der Waals surface area contributed by atoms with E-state index in [1.54, 1.807) is 49.8 Å². The van der Waals surface area contributed by atoms with Crippen LogP contribution in [0.15, 0.2) is 0 Å². The van der Waals surface area contributed by atoms with E-state index in [0.29, 0.717) is 0 Å². The summed E-state index contributed by atoms with van der Waals surface area (Å²) in [4.78, 5) is 0. The molecule has 11 heteroatoms. The van der Waals surface area contributed by atoms with Gasteiger partial charge in [0.2, 0.25) is 0 Å². The zero-order chi connectivity index (χ0) is 16.3. The zero-order valence-corrected chi connectivity index (χ0v) is 18.7. The molecule has 21 heavy (non-hydrogen) atoms. The lowest BCUT2D eigenvalue weighted by molar-refractivity contribution is 0.268. The maximum absolute atomic E-state index is 6.00. The summed E-state index contributed by atoms with van der Waals surface area (Å²) in [6.45, 7) is 0. The van der Waals surface area contributed by atoms with Crippen molar-refractivity contribution >= 4 is 36.2 Å². The van der Waals surface area contributed by atoms with Crippen LogP contribution in [0.5, 0.6) is 0 Å². The first-order valence-corrected chi connectivity index (χ1v) is 14.6. The summed E-state index contributed by atoms with van der Waals surface area (Å²) in [5.41, 5.74) is 2.51. The van der Waals surface area contributed by atoms with Gasteiger partial charge in [0.1, 0.15) is 0 Å². The highest BCUT2D eigenvalue weighted by Crippen LogP contribution is 2.27. The summed E-state index contributed by atoms with van der Waals surface area (Å²) >= 11 is 0. The molecule has 0 amide bonds. The lowest BCUT2D eigenvalue weighted by Crippen LogP contribution is -2.51. The third kappa shape index (κ3) is 7.60. The zero-order valence-electron chi connectivity index (χ0n) is 14.2. The normalized spacial score (nSPS) is 12.9. The van der Waals surface area contributed by atoms with Crippen molar-refractivity contribution in [3.05, 3.63) is 0 Å². The summed E-state index contributed by atoms with van der Waals surface area (Å²) in [5.74, 6) is 0. The van der Waals surface area contributed by atoms with Gasteiger partial charge in [-0.2, -0.15) is 0 Å². The van der Waals surface area contributed by atoms with Crippen LogP contribution in [0.1, 0.15) is 0 Å². The van der Waals surface area contributed by atoms with E-state index in [1.165, 1.54) is 0 Å². The largest absolute Gasteiger partial charge is 0.420 e. The molecule has 0 N–H and O–H groups in total. The Morgan fingerprint density at radius 2 is 0.762 bits per heavy atom. The summed E-state index contributed by atoms with van der Waals surface area (Å²) in [6, 6.07) is 0. The van der Waals surface area contributed by atoms with Crippen molar-refractivity contribution in [1.29, 1.82) is 0 Å². The van der Waals surface area contributed by atoms with Crippen LogP contribution in [0.25, 0.3) is 0 Å². The smallest absolute Gasteiger partial charge is 0.320 e. The van der Waals surface area contributed by atoms with Gasteiger partial charge in [-0.25, -0.2) is 0 Å². The van der Waals surface area contributed by atoms with Gasteiger partial charge in [-0.15, -0.1) is 0 Å². The van der Waals surface area contributed by atoms with Crippen LogP contribution in [0, 0.1) is 0 Å². The highest BCUT2D eigenvalue weighted by Gasteiger charge is 2.44. The van der Waals surface area contributed by atoms with Crippen molar-refractivity contribution in [2.24, 2.45) is 0 Å². The molecule has 0 unspecified atom stereocenters. The molecule has 128 valence electrons. The minimum Gasteiger partial charge on any atom is -0.420 e. The molecule has 0 radical (unpaired) electrons. The Hall–Kier alpha value is 0.588. The van der Waals surface area contributed by atoms with Crippen LogP contribution < -0.4 is 0 Å². The van der Waals surface area contributed by atoms with Crippen molar-refractivity contribution in [1.82, 2.24) is 0 Å². The van der Waals surface area contributed by atoms with Crippen molar-refractivity contribution in [3.63, 3.8) is 0 Å². The lowest BCUT2D eigenvalue weighted by atomic mass is 11.7. The number of rotatable bonds is 13. The van der Waals surface area contributed by atoms with E-state index in [9.17, 15) is 0 Å². The second-order valence-corrected chi connectivity index (χ2v) is 17.8. The third-order valence-electron chi connectivity index (χ3n) is 3.63. The van der Waals surface area contributed by atoms with Gasteiger partial charge >= 0.3 is 27.9 Å². The van der Waals surface area contributed by atoms with Gasteiger partial charge in [0, 0.05) is 66.8 Å². The fraction of sp³-hybridized carbons (Fsp3) is 1.00. The van der Waals surface area contributed by atoms with E-state index in [0.717, 1.165) is 17.0 Å². The van der Waals surface area contributed by atoms with E-state index < -0.39 is 36.2 Å². The van der Waals surface area contributed by atoms with Crippen LogP contribution in [0.2, 0.25) is 17.0 Å². The molecular formula is C10H30O7Si4. The predicted molar refractivity (Wildman–Crippen MR) is 90.7 cm³/mol. The fourth-order valence-corrected chi connectivity index (χ4v) is 22.6. The second kappa shape index (κ2) is 12.1. The van der Waals surface area contributed by atoms with Crippen molar-refractivity contribution in [2.75, 3.05) is 49.8 Å². The first kappa shape index (κ1) is 21.6. The summed E-state index contributed by atoms with van der Waals surface area (Å²) in [5, 5.41) is 0. The molecule has 0 aliphatic rings. The quantitative estimate of drug-likeness (QED) is 0.411. The SMILES string of the molecule is CO[SiH](C[Si](C[SiH](OC)OC)(C[SiH](OC)OC)OC)OC. The fourth-order valence-electron chi connectivity index (χ4n) is 2.20. The van der Waals surface area contributed by atoms with E-state index >= 15 is 0 Å². The van der Waals surface area contributed by atoms with Crippen LogP contribution >= 0.6 is 0 Å².